The van der Waals surface area contributed by atoms with E-state index in [-0.39, 0.29) is 5.97 Å². The van der Waals surface area contributed by atoms with Crippen LogP contribution in [0, 0.1) is 6.92 Å². The smallest absolute Gasteiger partial charge is 0.315 e. The lowest BCUT2D eigenvalue weighted by Crippen LogP contribution is -2.30. The van der Waals surface area contributed by atoms with Gasteiger partial charge in [0.15, 0.2) is 0 Å². The summed E-state index contributed by atoms with van der Waals surface area (Å²) in [6.07, 6.45) is 1.25. The van der Waals surface area contributed by atoms with E-state index in [2.05, 4.69) is 13.8 Å². The maximum Gasteiger partial charge on any atom is 0.315 e. The summed E-state index contributed by atoms with van der Waals surface area (Å²) in [5, 5.41) is 0. The van der Waals surface area contributed by atoms with Crippen LogP contribution in [0.2, 0.25) is 0 Å². The Bertz CT molecular complexity index is 336. The Morgan fingerprint density at radius 1 is 1.18 bits per heavy atom. The average Bonchev–Trinajstić information content (AvgIpc) is 2.29. The molecule has 0 aromatic heterocycles. The fourth-order valence-electron chi connectivity index (χ4n) is 1.34. The highest BCUT2D eigenvalue weighted by Gasteiger charge is 2.30. The molecule has 0 N–H and O–H groups in total. The van der Waals surface area contributed by atoms with Crippen LogP contribution in [0.15, 0.2) is 24.3 Å². The van der Waals surface area contributed by atoms with Crippen LogP contribution < -0.4 is 0 Å². The second-order valence-electron chi connectivity index (χ2n) is 4.69. The Morgan fingerprint density at radius 2 is 1.59 bits per heavy atom. The van der Waals surface area contributed by atoms with Gasteiger partial charge in [0.1, 0.15) is 0 Å². The van der Waals surface area contributed by atoms with Crippen LogP contribution in [0.5, 0.6) is 0 Å². The van der Waals surface area contributed by atoms with Crippen molar-refractivity contribution in [2.75, 3.05) is 7.11 Å². The summed E-state index contributed by atoms with van der Waals surface area (Å²) in [5.74, 6) is -0.207. The molecule has 0 amide bonds. The molecule has 0 aliphatic rings. The Hall–Kier alpha value is -1.31. The normalized spacial score (nSPS) is 10.2. The molecule has 0 fully saturated rings. The molecule has 0 spiro atoms. The number of carbonyl (C=O) groups excluding carboxylic acids is 1. The molecular weight excluding hydrogens is 212 g/mol. The van der Waals surface area contributed by atoms with E-state index in [1.165, 1.54) is 19.1 Å². The first kappa shape index (κ1) is 15.7. The molecular formula is C15H24O2. The predicted molar refractivity (Wildman–Crippen MR) is 72.2 cm³/mol. The van der Waals surface area contributed by atoms with E-state index in [4.69, 9.17) is 4.74 Å². The lowest BCUT2D eigenvalue weighted by Gasteiger charge is -2.21. The standard InChI is InChI=1S/C12H16O2.C3H8/c1-9-5-7-10(8-6-9)12(2,3)11(13)14-4;1-3-2/h5-8H,1-4H3;3H2,1-2H3. The van der Waals surface area contributed by atoms with Crippen molar-refractivity contribution >= 4 is 5.97 Å². The van der Waals surface area contributed by atoms with Gasteiger partial charge in [0.05, 0.1) is 12.5 Å². The van der Waals surface area contributed by atoms with Crippen molar-refractivity contribution in [1.29, 1.82) is 0 Å². The molecule has 96 valence electrons. The van der Waals surface area contributed by atoms with E-state index in [9.17, 15) is 4.79 Å². The second-order valence-corrected chi connectivity index (χ2v) is 4.69. The molecule has 2 nitrogen and oxygen atoms in total. The molecule has 1 aromatic rings. The van der Waals surface area contributed by atoms with Crippen LogP contribution in [0.25, 0.3) is 0 Å². The maximum absolute atomic E-state index is 11.5. The first-order valence-electron chi connectivity index (χ1n) is 6.05. The van der Waals surface area contributed by atoms with Gasteiger partial charge in [-0.1, -0.05) is 50.1 Å². The molecule has 0 radical (unpaired) electrons. The van der Waals surface area contributed by atoms with Crippen molar-refractivity contribution in [3.8, 4) is 0 Å². The molecule has 0 saturated heterocycles. The summed E-state index contributed by atoms with van der Waals surface area (Å²) in [6.45, 7) is 10.0. The monoisotopic (exact) mass is 236 g/mol. The molecule has 2 heteroatoms. The molecule has 0 atom stereocenters. The Morgan fingerprint density at radius 3 is 1.94 bits per heavy atom. The fourth-order valence-corrected chi connectivity index (χ4v) is 1.34. The minimum absolute atomic E-state index is 0.207. The highest BCUT2D eigenvalue weighted by molar-refractivity contribution is 5.82. The van der Waals surface area contributed by atoms with Crippen molar-refractivity contribution in [2.24, 2.45) is 0 Å². The number of methoxy groups -OCH3 is 1. The van der Waals surface area contributed by atoms with Gasteiger partial charge in [0.25, 0.3) is 0 Å². The summed E-state index contributed by atoms with van der Waals surface area (Å²) in [5.41, 5.74) is 1.60. The van der Waals surface area contributed by atoms with Crippen LogP contribution in [-0.2, 0) is 14.9 Å². The molecule has 0 heterocycles. The summed E-state index contributed by atoms with van der Waals surface area (Å²) in [4.78, 5) is 11.5. The minimum Gasteiger partial charge on any atom is -0.468 e. The molecule has 0 aliphatic carbocycles. The van der Waals surface area contributed by atoms with E-state index in [1.807, 2.05) is 45.0 Å². The number of carbonyl (C=O) groups is 1. The molecule has 0 bridgehead atoms. The van der Waals surface area contributed by atoms with Gasteiger partial charge < -0.3 is 4.74 Å². The van der Waals surface area contributed by atoms with Crippen molar-refractivity contribution in [1.82, 2.24) is 0 Å². The summed E-state index contributed by atoms with van der Waals surface area (Å²) in [6, 6.07) is 7.93. The topological polar surface area (TPSA) is 26.3 Å². The number of rotatable bonds is 2. The third-order valence-corrected chi connectivity index (χ3v) is 2.47. The van der Waals surface area contributed by atoms with Gasteiger partial charge >= 0.3 is 5.97 Å². The van der Waals surface area contributed by atoms with E-state index in [1.54, 1.807) is 0 Å². The number of ether oxygens (including phenoxy) is 1. The van der Waals surface area contributed by atoms with Gasteiger partial charge in [0, 0.05) is 0 Å². The van der Waals surface area contributed by atoms with Crippen LogP contribution in [0.1, 0.15) is 45.2 Å². The molecule has 0 saturated carbocycles. The SMILES string of the molecule is CCC.COC(=O)C(C)(C)c1ccc(C)cc1. The fraction of sp³-hybridized carbons (Fsp3) is 0.533. The zero-order valence-corrected chi connectivity index (χ0v) is 11.8. The van der Waals surface area contributed by atoms with Gasteiger partial charge in [-0.05, 0) is 26.3 Å². The van der Waals surface area contributed by atoms with Gasteiger partial charge in [0.2, 0.25) is 0 Å². The van der Waals surface area contributed by atoms with Crippen molar-refractivity contribution in [3.05, 3.63) is 35.4 Å². The first-order chi connectivity index (χ1) is 7.89. The van der Waals surface area contributed by atoms with Crippen molar-refractivity contribution in [2.45, 2.75) is 46.5 Å². The van der Waals surface area contributed by atoms with Crippen LogP contribution >= 0.6 is 0 Å². The van der Waals surface area contributed by atoms with E-state index >= 15 is 0 Å². The largest absolute Gasteiger partial charge is 0.468 e. The number of hydrogen-bond acceptors (Lipinski definition) is 2. The summed E-state index contributed by atoms with van der Waals surface area (Å²) < 4.78 is 4.76. The van der Waals surface area contributed by atoms with Crippen LogP contribution in [0.3, 0.4) is 0 Å². The third kappa shape index (κ3) is 4.59. The summed E-state index contributed by atoms with van der Waals surface area (Å²) >= 11 is 0. The highest BCUT2D eigenvalue weighted by atomic mass is 16.5. The highest BCUT2D eigenvalue weighted by Crippen LogP contribution is 2.24. The minimum atomic E-state index is -0.567. The lowest BCUT2D eigenvalue weighted by atomic mass is 9.84. The van der Waals surface area contributed by atoms with Crippen molar-refractivity contribution < 1.29 is 9.53 Å². The average molecular weight is 236 g/mol. The van der Waals surface area contributed by atoms with Gasteiger partial charge in [-0.15, -0.1) is 0 Å². The van der Waals surface area contributed by atoms with Gasteiger partial charge in [-0.2, -0.15) is 0 Å². The molecule has 1 aromatic carbocycles. The van der Waals surface area contributed by atoms with E-state index in [0.717, 1.165) is 5.56 Å². The summed E-state index contributed by atoms with van der Waals surface area (Å²) in [7, 11) is 1.41. The number of esters is 1. The zero-order chi connectivity index (χ0) is 13.5. The predicted octanol–water partition coefficient (Wildman–Crippen LogP) is 3.86. The Kier molecular flexibility index (Phi) is 6.55. The van der Waals surface area contributed by atoms with Gasteiger partial charge in [-0.3, -0.25) is 4.79 Å². The number of hydrogen-bond donors (Lipinski definition) is 0. The van der Waals surface area contributed by atoms with Gasteiger partial charge in [-0.25, -0.2) is 0 Å². The Balaban J connectivity index is 0.000000770. The van der Waals surface area contributed by atoms with E-state index in [0.29, 0.717) is 0 Å². The van der Waals surface area contributed by atoms with Crippen LogP contribution in [-0.4, -0.2) is 13.1 Å². The van der Waals surface area contributed by atoms with Crippen LogP contribution in [0.4, 0.5) is 0 Å². The first-order valence-corrected chi connectivity index (χ1v) is 6.05. The Labute approximate surface area is 105 Å². The molecule has 1 rings (SSSR count). The second kappa shape index (κ2) is 7.10. The zero-order valence-electron chi connectivity index (χ0n) is 11.8. The van der Waals surface area contributed by atoms with E-state index < -0.39 is 5.41 Å². The number of benzene rings is 1. The molecule has 0 unspecified atom stereocenters. The molecule has 17 heavy (non-hydrogen) atoms. The maximum atomic E-state index is 11.5. The molecule has 0 aliphatic heterocycles. The van der Waals surface area contributed by atoms with Crippen molar-refractivity contribution in [3.63, 3.8) is 0 Å². The third-order valence-electron chi connectivity index (χ3n) is 2.47. The lowest BCUT2D eigenvalue weighted by molar-refractivity contribution is -0.146. The quantitative estimate of drug-likeness (QED) is 0.729. The number of aryl methyl sites for hydroxylation is 1.